The predicted molar refractivity (Wildman–Crippen MR) is 92.2 cm³/mol. The second-order valence-electron chi connectivity index (χ2n) is 5.58. The lowest BCUT2D eigenvalue weighted by molar-refractivity contribution is 0.187. The molecule has 0 aliphatic heterocycles. The van der Waals surface area contributed by atoms with Gasteiger partial charge < -0.3 is 16.2 Å². The number of nitrogens with zero attached hydrogens (tertiary/aromatic N) is 1. The Balaban J connectivity index is 1.98. The Hall–Kier alpha value is -2.33. The molecule has 4 N–H and O–H groups in total. The molecule has 22 heavy (non-hydrogen) atoms. The van der Waals surface area contributed by atoms with E-state index in [2.05, 4.69) is 24.2 Å². The molecular formula is C18H23N3O. The van der Waals surface area contributed by atoms with Gasteiger partial charge in [-0.3, -0.25) is 4.99 Å². The number of hydrogen-bond acceptors (Lipinski definition) is 2. The van der Waals surface area contributed by atoms with E-state index in [4.69, 9.17) is 5.73 Å². The first-order valence-electron chi connectivity index (χ1n) is 7.34. The van der Waals surface area contributed by atoms with Crippen LogP contribution < -0.4 is 11.1 Å². The maximum absolute atomic E-state index is 10.2. The van der Waals surface area contributed by atoms with Crippen molar-refractivity contribution in [3.05, 3.63) is 64.7 Å². The van der Waals surface area contributed by atoms with Crippen molar-refractivity contribution >= 4 is 11.6 Å². The third-order valence-corrected chi connectivity index (χ3v) is 3.64. The summed E-state index contributed by atoms with van der Waals surface area (Å²) in [6.07, 6.45) is -0.653. The van der Waals surface area contributed by atoms with E-state index in [1.54, 1.807) is 0 Å². The maximum Gasteiger partial charge on any atom is 0.193 e. The summed E-state index contributed by atoms with van der Waals surface area (Å²) in [4.78, 5) is 4.21. The molecule has 0 spiro atoms. The van der Waals surface area contributed by atoms with Gasteiger partial charge in [0.25, 0.3) is 0 Å². The summed E-state index contributed by atoms with van der Waals surface area (Å²) in [5.41, 5.74) is 11.2. The SMILES string of the molecule is Cc1cccc(C(O)CN=C(N)Nc2ccc(C)c(C)c2)c1. The van der Waals surface area contributed by atoms with Crippen LogP contribution in [-0.4, -0.2) is 17.6 Å². The molecular weight excluding hydrogens is 274 g/mol. The highest BCUT2D eigenvalue weighted by atomic mass is 16.3. The zero-order chi connectivity index (χ0) is 16.1. The Labute approximate surface area is 131 Å². The minimum Gasteiger partial charge on any atom is -0.386 e. The number of anilines is 1. The largest absolute Gasteiger partial charge is 0.386 e. The number of nitrogens with two attached hydrogens (primary N) is 1. The van der Waals surface area contributed by atoms with Crippen LogP contribution in [-0.2, 0) is 0 Å². The minimum atomic E-state index is -0.653. The highest BCUT2D eigenvalue weighted by Gasteiger charge is 2.07. The van der Waals surface area contributed by atoms with Crippen LogP contribution in [0, 0.1) is 20.8 Å². The highest BCUT2D eigenvalue weighted by Crippen LogP contribution is 2.15. The first-order chi connectivity index (χ1) is 10.5. The molecule has 2 aromatic rings. The molecule has 0 aliphatic carbocycles. The average molecular weight is 297 g/mol. The smallest absolute Gasteiger partial charge is 0.193 e. The molecule has 0 aromatic heterocycles. The molecule has 4 heteroatoms. The zero-order valence-electron chi connectivity index (χ0n) is 13.3. The summed E-state index contributed by atoms with van der Waals surface area (Å²) in [5.74, 6) is 0.301. The average Bonchev–Trinajstić information content (AvgIpc) is 2.48. The summed E-state index contributed by atoms with van der Waals surface area (Å²) in [7, 11) is 0. The number of aliphatic hydroxyl groups excluding tert-OH is 1. The number of hydrogen-bond donors (Lipinski definition) is 3. The molecule has 0 aliphatic rings. The lowest BCUT2D eigenvalue weighted by Gasteiger charge is -2.11. The molecule has 0 bridgehead atoms. The third kappa shape index (κ3) is 4.33. The Bertz CT molecular complexity index is 680. The van der Waals surface area contributed by atoms with Crippen LogP contribution in [0.2, 0.25) is 0 Å². The topological polar surface area (TPSA) is 70.6 Å². The number of rotatable bonds is 4. The van der Waals surface area contributed by atoms with Crippen LogP contribution >= 0.6 is 0 Å². The van der Waals surface area contributed by atoms with Crippen LogP contribution in [0.1, 0.15) is 28.4 Å². The van der Waals surface area contributed by atoms with Crippen LogP contribution in [0.5, 0.6) is 0 Å². The van der Waals surface area contributed by atoms with Gasteiger partial charge in [-0.05, 0) is 49.6 Å². The molecule has 116 valence electrons. The van der Waals surface area contributed by atoms with E-state index >= 15 is 0 Å². The van der Waals surface area contributed by atoms with Gasteiger partial charge in [0.1, 0.15) is 0 Å². The molecule has 2 rings (SSSR count). The zero-order valence-corrected chi connectivity index (χ0v) is 13.3. The van der Waals surface area contributed by atoms with E-state index in [-0.39, 0.29) is 6.54 Å². The molecule has 0 saturated heterocycles. The Morgan fingerprint density at radius 3 is 2.59 bits per heavy atom. The van der Waals surface area contributed by atoms with Gasteiger partial charge in [0.15, 0.2) is 5.96 Å². The first-order valence-corrected chi connectivity index (χ1v) is 7.34. The van der Waals surface area contributed by atoms with E-state index < -0.39 is 6.10 Å². The predicted octanol–water partition coefficient (Wildman–Crippen LogP) is 3.07. The maximum atomic E-state index is 10.2. The van der Waals surface area contributed by atoms with Crippen molar-refractivity contribution in [3.63, 3.8) is 0 Å². The van der Waals surface area contributed by atoms with Crippen molar-refractivity contribution in [1.82, 2.24) is 0 Å². The molecule has 0 saturated carbocycles. The lowest BCUT2D eigenvalue weighted by Crippen LogP contribution is -2.23. The highest BCUT2D eigenvalue weighted by molar-refractivity contribution is 5.92. The van der Waals surface area contributed by atoms with Gasteiger partial charge in [0.05, 0.1) is 12.6 Å². The van der Waals surface area contributed by atoms with Gasteiger partial charge in [0.2, 0.25) is 0 Å². The van der Waals surface area contributed by atoms with E-state index in [1.807, 2.05) is 49.4 Å². The monoisotopic (exact) mass is 297 g/mol. The van der Waals surface area contributed by atoms with Crippen molar-refractivity contribution in [2.75, 3.05) is 11.9 Å². The molecule has 1 atom stereocenters. The third-order valence-electron chi connectivity index (χ3n) is 3.64. The van der Waals surface area contributed by atoms with E-state index in [0.717, 1.165) is 16.8 Å². The summed E-state index contributed by atoms with van der Waals surface area (Å²) < 4.78 is 0. The van der Waals surface area contributed by atoms with Crippen LogP contribution in [0.15, 0.2) is 47.5 Å². The first kappa shape index (κ1) is 16.0. The standard InChI is InChI=1S/C18H23N3O/c1-12-5-4-6-15(9-12)17(22)11-20-18(19)21-16-8-7-13(2)14(3)10-16/h4-10,17,22H,11H2,1-3H3,(H3,19,20,21). The Morgan fingerprint density at radius 1 is 1.14 bits per heavy atom. The number of aliphatic hydroxyl groups is 1. The summed E-state index contributed by atoms with van der Waals surface area (Å²) in [6, 6.07) is 13.8. The fourth-order valence-corrected chi connectivity index (χ4v) is 2.17. The van der Waals surface area contributed by atoms with Crippen molar-refractivity contribution in [1.29, 1.82) is 0 Å². The number of nitrogens with one attached hydrogen (secondary N) is 1. The van der Waals surface area contributed by atoms with E-state index in [1.165, 1.54) is 11.1 Å². The van der Waals surface area contributed by atoms with E-state index in [0.29, 0.717) is 5.96 Å². The van der Waals surface area contributed by atoms with Crippen LogP contribution in [0.4, 0.5) is 5.69 Å². The summed E-state index contributed by atoms with van der Waals surface area (Å²) in [6.45, 7) is 6.34. The molecule has 0 amide bonds. The lowest BCUT2D eigenvalue weighted by atomic mass is 10.1. The number of aryl methyl sites for hydroxylation is 3. The second-order valence-corrected chi connectivity index (χ2v) is 5.58. The summed E-state index contributed by atoms with van der Waals surface area (Å²) >= 11 is 0. The minimum absolute atomic E-state index is 0.229. The second kappa shape index (κ2) is 7.09. The molecule has 0 fully saturated rings. The molecule has 1 unspecified atom stereocenters. The molecule has 0 heterocycles. The van der Waals surface area contributed by atoms with Crippen molar-refractivity contribution in [2.45, 2.75) is 26.9 Å². The molecule has 0 radical (unpaired) electrons. The fourth-order valence-electron chi connectivity index (χ4n) is 2.17. The molecule has 2 aromatic carbocycles. The Kier molecular flexibility index (Phi) is 5.17. The van der Waals surface area contributed by atoms with Gasteiger partial charge in [0, 0.05) is 5.69 Å². The van der Waals surface area contributed by atoms with Crippen molar-refractivity contribution < 1.29 is 5.11 Å². The van der Waals surface area contributed by atoms with E-state index in [9.17, 15) is 5.11 Å². The summed E-state index contributed by atoms with van der Waals surface area (Å²) in [5, 5.41) is 13.2. The van der Waals surface area contributed by atoms with Gasteiger partial charge in [-0.1, -0.05) is 35.9 Å². The van der Waals surface area contributed by atoms with Gasteiger partial charge in [-0.2, -0.15) is 0 Å². The van der Waals surface area contributed by atoms with Crippen LogP contribution in [0.3, 0.4) is 0 Å². The van der Waals surface area contributed by atoms with Crippen LogP contribution in [0.25, 0.3) is 0 Å². The number of guanidine groups is 1. The normalized spacial score (nSPS) is 13.0. The van der Waals surface area contributed by atoms with Gasteiger partial charge in [-0.25, -0.2) is 0 Å². The number of benzene rings is 2. The van der Waals surface area contributed by atoms with Gasteiger partial charge >= 0.3 is 0 Å². The van der Waals surface area contributed by atoms with Crippen molar-refractivity contribution in [2.24, 2.45) is 10.7 Å². The number of aliphatic imine (C=N–C) groups is 1. The fraction of sp³-hybridized carbons (Fsp3) is 0.278. The van der Waals surface area contributed by atoms with Crippen molar-refractivity contribution in [3.8, 4) is 0 Å². The Morgan fingerprint density at radius 2 is 1.91 bits per heavy atom. The quantitative estimate of drug-likeness (QED) is 0.600. The van der Waals surface area contributed by atoms with Gasteiger partial charge in [-0.15, -0.1) is 0 Å². The molecule has 4 nitrogen and oxygen atoms in total.